The van der Waals surface area contributed by atoms with Gasteiger partial charge in [-0.25, -0.2) is 0 Å². The van der Waals surface area contributed by atoms with Crippen LogP contribution in [-0.2, 0) is 0 Å². The molecule has 0 spiro atoms. The largest absolute Gasteiger partial charge is 0.289 e. The summed E-state index contributed by atoms with van der Waals surface area (Å²) in [5, 5.41) is 1.70. The summed E-state index contributed by atoms with van der Waals surface area (Å²) in [6.07, 6.45) is 5.99. The second-order valence-electron chi connectivity index (χ2n) is 7.83. The topological polar surface area (TPSA) is 0 Å². The summed E-state index contributed by atoms with van der Waals surface area (Å²) in [7, 11) is -1.26. The summed E-state index contributed by atoms with van der Waals surface area (Å²) in [5.41, 5.74) is 1.71. The van der Waals surface area contributed by atoms with Crippen molar-refractivity contribution in [3.8, 4) is 0 Å². The maximum Gasteiger partial charge on any atom is 0.112 e. The third-order valence-electron chi connectivity index (χ3n) is 4.75. The standard InChI is InChI=1S/C17H34NSi/c1-13(2)18(14(3)4,15(5)6)16-11-10-12-17(16)19(7,8)9/h10,12-15H,11H2,1-9H3/q+1. The van der Waals surface area contributed by atoms with Crippen LogP contribution in [0.15, 0.2) is 23.0 Å². The summed E-state index contributed by atoms with van der Waals surface area (Å²) in [6, 6.07) is 1.92. The summed E-state index contributed by atoms with van der Waals surface area (Å²) in [4.78, 5) is 0. The third kappa shape index (κ3) is 2.75. The molecule has 0 aromatic carbocycles. The molecule has 0 saturated heterocycles. The molecule has 0 fully saturated rings. The lowest BCUT2D eigenvalue weighted by Gasteiger charge is -2.51. The molecule has 0 bridgehead atoms. The van der Waals surface area contributed by atoms with Gasteiger partial charge in [0.2, 0.25) is 0 Å². The van der Waals surface area contributed by atoms with Crippen LogP contribution in [0.4, 0.5) is 0 Å². The normalized spacial score (nSPS) is 17.5. The Labute approximate surface area is 122 Å². The van der Waals surface area contributed by atoms with E-state index in [0.29, 0.717) is 18.1 Å². The van der Waals surface area contributed by atoms with Crippen molar-refractivity contribution in [3.63, 3.8) is 0 Å². The molecular formula is C17H34NSi+. The zero-order valence-corrected chi connectivity index (χ0v) is 15.5. The molecule has 0 aromatic rings. The van der Waals surface area contributed by atoms with Crippen LogP contribution in [0, 0.1) is 0 Å². The second-order valence-corrected chi connectivity index (χ2v) is 12.9. The highest BCUT2D eigenvalue weighted by Gasteiger charge is 2.45. The lowest BCUT2D eigenvalue weighted by Crippen LogP contribution is -2.61. The second kappa shape index (κ2) is 5.57. The quantitative estimate of drug-likeness (QED) is 0.484. The van der Waals surface area contributed by atoms with E-state index in [4.69, 9.17) is 0 Å². The van der Waals surface area contributed by atoms with E-state index in [0.717, 1.165) is 10.9 Å². The molecule has 1 aliphatic carbocycles. The van der Waals surface area contributed by atoms with E-state index in [9.17, 15) is 0 Å². The van der Waals surface area contributed by atoms with Gasteiger partial charge in [0.1, 0.15) is 5.70 Å². The average Bonchev–Trinajstić information content (AvgIpc) is 2.64. The minimum Gasteiger partial charge on any atom is -0.289 e. The summed E-state index contributed by atoms with van der Waals surface area (Å²) >= 11 is 0. The minimum atomic E-state index is -1.26. The van der Waals surface area contributed by atoms with Crippen molar-refractivity contribution in [2.75, 3.05) is 0 Å². The molecule has 0 aromatic heterocycles. The molecule has 0 aliphatic heterocycles. The highest BCUT2D eigenvalue weighted by atomic mass is 28.3. The van der Waals surface area contributed by atoms with Crippen LogP contribution >= 0.6 is 0 Å². The predicted octanol–water partition coefficient (Wildman–Crippen LogP) is 5.12. The van der Waals surface area contributed by atoms with Gasteiger partial charge in [0.25, 0.3) is 0 Å². The Morgan fingerprint density at radius 2 is 1.32 bits per heavy atom. The molecule has 0 unspecified atom stereocenters. The first kappa shape index (κ1) is 16.7. The molecule has 0 saturated carbocycles. The molecule has 0 heterocycles. The monoisotopic (exact) mass is 280 g/mol. The van der Waals surface area contributed by atoms with Crippen LogP contribution in [0.1, 0.15) is 48.0 Å². The fraction of sp³-hybridized carbons (Fsp3) is 0.765. The van der Waals surface area contributed by atoms with Gasteiger partial charge in [-0.15, -0.1) is 0 Å². The van der Waals surface area contributed by atoms with Crippen LogP contribution in [0.2, 0.25) is 19.6 Å². The highest BCUT2D eigenvalue weighted by Crippen LogP contribution is 2.40. The van der Waals surface area contributed by atoms with Gasteiger partial charge in [-0.2, -0.15) is 0 Å². The number of quaternary nitrogens is 1. The van der Waals surface area contributed by atoms with Crippen molar-refractivity contribution in [3.05, 3.63) is 23.0 Å². The Hall–Kier alpha value is -0.343. The van der Waals surface area contributed by atoms with E-state index in [1.807, 2.05) is 0 Å². The summed E-state index contributed by atoms with van der Waals surface area (Å²) in [6.45, 7) is 21.8. The van der Waals surface area contributed by atoms with Crippen LogP contribution in [-0.4, -0.2) is 30.7 Å². The van der Waals surface area contributed by atoms with Crippen molar-refractivity contribution < 1.29 is 4.48 Å². The fourth-order valence-electron chi connectivity index (χ4n) is 4.27. The molecule has 1 rings (SSSR count). The minimum absolute atomic E-state index is 0.640. The molecular weight excluding hydrogens is 246 g/mol. The van der Waals surface area contributed by atoms with Crippen molar-refractivity contribution in [2.24, 2.45) is 0 Å². The molecule has 0 N–H and O–H groups in total. The number of hydrogen-bond donors (Lipinski definition) is 0. The lowest BCUT2D eigenvalue weighted by atomic mass is 10.0. The van der Waals surface area contributed by atoms with Gasteiger partial charge in [-0.1, -0.05) is 31.8 Å². The van der Waals surface area contributed by atoms with Gasteiger partial charge in [0, 0.05) is 6.42 Å². The SMILES string of the molecule is CC(C)[N+](C1=C([Si](C)(C)C)C=CC1)(C(C)C)C(C)C. The maximum atomic E-state index is 2.48. The molecule has 0 amide bonds. The van der Waals surface area contributed by atoms with Crippen LogP contribution in [0.5, 0.6) is 0 Å². The average molecular weight is 281 g/mol. The van der Waals surface area contributed by atoms with Gasteiger partial charge < -0.3 is 0 Å². The predicted molar refractivity (Wildman–Crippen MR) is 89.8 cm³/mol. The van der Waals surface area contributed by atoms with Crippen molar-refractivity contribution in [1.82, 2.24) is 0 Å². The van der Waals surface area contributed by atoms with Gasteiger partial charge >= 0.3 is 0 Å². The Kier molecular flexibility index (Phi) is 4.90. The molecule has 2 heteroatoms. The third-order valence-corrected chi connectivity index (χ3v) is 6.82. The van der Waals surface area contributed by atoms with E-state index in [1.165, 1.54) is 0 Å². The number of allylic oxidation sites excluding steroid dienone is 3. The van der Waals surface area contributed by atoms with E-state index < -0.39 is 8.07 Å². The Morgan fingerprint density at radius 3 is 1.63 bits per heavy atom. The zero-order chi connectivity index (χ0) is 15.0. The first-order valence-corrected chi connectivity index (χ1v) is 11.3. The number of nitrogens with zero attached hydrogens (tertiary/aromatic N) is 1. The van der Waals surface area contributed by atoms with E-state index in [2.05, 4.69) is 73.3 Å². The van der Waals surface area contributed by atoms with E-state index >= 15 is 0 Å². The molecule has 0 radical (unpaired) electrons. The van der Waals surface area contributed by atoms with E-state index in [1.54, 1.807) is 10.9 Å². The number of hydrogen-bond acceptors (Lipinski definition) is 0. The molecule has 110 valence electrons. The summed E-state index contributed by atoms with van der Waals surface area (Å²) < 4.78 is 1.16. The highest BCUT2D eigenvalue weighted by molar-refractivity contribution is 6.83. The van der Waals surface area contributed by atoms with Crippen molar-refractivity contribution in [2.45, 2.75) is 85.7 Å². The maximum absolute atomic E-state index is 2.48. The van der Waals surface area contributed by atoms with E-state index in [-0.39, 0.29) is 0 Å². The van der Waals surface area contributed by atoms with Crippen LogP contribution in [0.25, 0.3) is 0 Å². The van der Waals surface area contributed by atoms with Gasteiger partial charge in [-0.05, 0) is 46.7 Å². The lowest BCUT2D eigenvalue weighted by molar-refractivity contribution is -0.952. The first-order chi connectivity index (χ1) is 8.56. The zero-order valence-electron chi connectivity index (χ0n) is 14.5. The summed E-state index contributed by atoms with van der Waals surface area (Å²) in [5.74, 6) is 0. The van der Waals surface area contributed by atoms with Gasteiger partial charge in [-0.3, -0.25) is 4.48 Å². The van der Waals surface area contributed by atoms with Crippen LogP contribution < -0.4 is 0 Å². The smallest absolute Gasteiger partial charge is 0.112 e. The van der Waals surface area contributed by atoms with Gasteiger partial charge in [0.15, 0.2) is 0 Å². The van der Waals surface area contributed by atoms with Crippen molar-refractivity contribution in [1.29, 1.82) is 0 Å². The molecule has 1 aliphatic rings. The molecule has 1 nitrogen and oxygen atoms in total. The van der Waals surface area contributed by atoms with Crippen LogP contribution in [0.3, 0.4) is 0 Å². The first-order valence-electron chi connectivity index (χ1n) is 7.85. The van der Waals surface area contributed by atoms with Crippen molar-refractivity contribution >= 4 is 8.07 Å². The Balaban J connectivity index is 3.51. The fourth-order valence-corrected chi connectivity index (χ4v) is 6.05. The Bertz CT molecular complexity index is 359. The number of rotatable bonds is 5. The van der Waals surface area contributed by atoms with Gasteiger partial charge in [0.05, 0.1) is 26.2 Å². The Morgan fingerprint density at radius 1 is 0.895 bits per heavy atom. The molecule has 19 heavy (non-hydrogen) atoms. The molecule has 0 atom stereocenters.